The summed E-state index contributed by atoms with van der Waals surface area (Å²) in [6.45, 7) is 4.10. The van der Waals surface area contributed by atoms with E-state index in [0.29, 0.717) is 32.1 Å². The molecule has 29 heavy (non-hydrogen) atoms. The van der Waals surface area contributed by atoms with Crippen LogP contribution in [-0.2, 0) is 14.6 Å². The summed E-state index contributed by atoms with van der Waals surface area (Å²) in [6.07, 6.45) is 6.60. The van der Waals surface area contributed by atoms with E-state index in [1.807, 2.05) is 6.92 Å². The molecule has 0 bridgehead atoms. The van der Waals surface area contributed by atoms with Crippen LogP contribution < -0.4 is 0 Å². The van der Waals surface area contributed by atoms with Crippen molar-refractivity contribution in [2.45, 2.75) is 108 Å². The Morgan fingerprint density at radius 1 is 1.10 bits per heavy atom. The molecular weight excluding hydrogens is 391 g/mol. The predicted octanol–water partition coefficient (Wildman–Crippen LogP) is 4.69. The summed E-state index contributed by atoms with van der Waals surface area (Å²) < 4.78 is 48.0. The molecule has 6 heteroatoms. The number of sulfone groups is 1. The zero-order valence-electron chi connectivity index (χ0n) is 18.5. The van der Waals surface area contributed by atoms with E-state index in [4.69, 9.17) is 4.74 Å². The summed E-state index contributed by atoms with van der Waals surface area (Å²) in [5.41, 5.74) is -0.656. The molecule has 0 aromatic rings. The highest BCUT2D eigenvalue weighted by molar-refractivity contribution is 7.92. The van der Waals surface area contributed by atoms with Gasteiger partial charge in [0.1, 0.15) is 6.17 Å². The van der Waals surface area contributed by atoms with Gasteiger partial charge in [-0.3, -0.25) is 0 Å². The molecule has 1 N–H and O–H groups in total. The van der Waals surface area contributed by atoms with Crippen LogP contribution in [0.25, 0.3) is 0 Å². The molecule has 1 saturated heterocycles. The molecule has 6 unspecified atom stereocenters. The molecule has 2 aliphatic carbocycles. The molecule has 170 valence electrons. The molecule has 3 aliphatic rings. The Bertz CT molecular complexity index is 639. The van der Waals surface area contributed by atoms with Crippen LogP contribution in [0.4, 0.5) is 4.39 Å². The lowest BCUT2D eigenvalue weighted by atomic mass is 9.60. The van der Waals surface area contributed by atoms with Gasteiger partial charge in [-0.2, -0.15) is 0 Å². The van der Waals surface area contributed by atoms with Gasteiger partial charge in [-0.05, 0) is 62.7 Å². The van der Waals surface area contributed by atoms with Crippen molar-refractivity contribution < 1.29 is 22.7 Å². The first-order valence-corrected chi connectivity index (χ1v) is 13.6. The van der Waals surface area contributed by atoms with E-state index in [9.17, 15) is 13.5 Å². The van der Waals surface area contributed by atoms with Gasteiger partial charge in [0.2, 0.25) is 0 Å². The van der Waals surface area contributed by atoms with E-state index in [1.54, 1.807) is 7.11 Å². The molecule has 1 heterocycles. The Morgan fingerprint density at radius 2 is 1.83 bits per heavy atom. The molecule has 0 aromatic carbocycles. The van der Waals surface area contributed by atoms with Gasteiger partial charge in [0.05, 0.1) is 23.2 Å². The highest BCUT2D eigenvalue weighted by atomic mass is 32.2. The van der Waals surface area contributed by atoms with Crippen molar-refractivity contribution in [1.29, 1.82) is 0 Å². The van der Waals surface area contributed by atoms with Crippen LogP contribution in [0.3, 0.4) is 0 Å². The lowest BCUT2D eigenvalue weighted by Gasteiger charge is -2.47. The van der Waals surface area contributed by atoms with E-state index < -0.39 is 32.8 Å². The van der Waals surface area contributed by atoms with Crippen LogP contribution in [0.1, 0.15) is 84.5 Å². The summed E-state index contributed by atoms with van der Waals surface area (Å²) in [5, 5.41) is 11.4. The number of unbranched alkanes of at least 4 members (excludes halogenated alkanes) is 1. The molecule has 0 amide bonds. The summed E-state index contributed by atoms with van der Waals surface area (Å²) in [4.78, 5) is 0. The van der Waals surface area contributed by atoms with E-state index in [-0.39, 0.29) is 29.6 Å². The minimum Gasteiger partial charge on any atom is -0.392 e. The standard InChI is InChI=1S/C23H41FO4S/c1-4-6-13-23(5-2)15-29(26,27)20-12-11-16(28-3)14-18(20)21(22(23)25)17-9-7-8-10-19(17)24/h16-22,25H,4-15H2,1-3H3/t16?,17?,18?,19?,20?,21-,22?,23+/m0/s1. The molecule has 3 fully saturated rings. The maximum absolute atomic E-state index is 15.2. The summed E-state index contributed by atoms with van der Waals surface area (Å²) in [7, 11) is -1.68. The van der Waals surface area contributed by atoms with Crippen molar-refractivity contribution in [3.05, 3.63) is 0 Å². The van der Waals surface area contributed by atoms with Gasteiger partial charge in [-0.15, -0.1) is 0 Å². The number of fused-ring (bicyclic) bond motifs is 1. The van der Waals surface area contributed by atoms with Crippen molar-refractivity contribution in [3.63, 3.8) is 0 Å². The van der Waals surface area contributed by atoms with Crippen molar-refractivity contribution in [1.82, 2.24) is 0 Å². The topological polar surface area (TPSA) is 63.6 Å². The first-order chi connectivity index (χ1) is 13.8. The number of halogens is 1. The zero-order valence-corrected chi connectivity index (χ0v) is 19.3. The average Bonchev–Trinajstić information content (AvgIpc) is 2.78. The molecule has 0 aromatic heterocycles. The number of aliphatic hydroxyl groups excluding tert-OH is 1. The Balaban J connectivity index is 2.08. The summed E-state index contributed by atoms with van der Waals surface area (Å²) in [5.74, 6) is -0.674. The number of alkyl halides is 1. The highest BCUT2D eigenvalue weighted by Crippen LogP contribution is 2.53. The zero-order chi connectivity index (χ0) is 21.2. The fourth-order valence-electron chi connectivity index (χ4n) is 6.77. The van der Waals surface area contributed by atoms with E-state index in [0.717, 1.165) is 38.5 Å². The first-order valence-electron chi connectivity index (χ1n) is 11.9. The van der Waals surface area contributed by atoms with Gasteiger partial charge >= 0.3 is 0 Å². The van der Waals surface area contributed by atoms with Gasteiger partial charge in [0.15, 0.2) is 9.84 Å². The molecule has 0 radical (unpaired) electrons. The Morgan fingerprint density at radius 3 is 2.45 bits per heavy atom. The van der Waals surface area contributed by atoms with E-state index >= 15 is 4.39 Å². The largest absolute Gasteiger partial charge is 0.392 e. The van der Waals surface area contributed by atoms with Crippen LogP contribution in [-0.4, -0.2) is 50.0 Å². The van der Waals surface area contributed by atoms with Gasteiger partial charge in [0, 0.05) is 12.5 Å². The highest BCUT2D eigenvalue weighted by Gasteiger charge is 2.57. The second kappa shape index (κ2) is 9.52. The third kappa shape index (κ3) is 4.55. The second-order valence-electron chi connectivity index (χ2n) is 9.99. The molecular formula is C23H41FO4S. The molecule has 3 rings (SSSR count). The van der Waals surface area contributed by atoms with Gasteiger partial charge in [-0.1, -0.05) is 39.5 Å². The van der Waals surface area contributed by atoms with Crippen LogP contribution >= 0.6 is 0 Å². The summed E-state index contributed by atoms with van der Waals surface area (Å²) in [6, 6.07) is 0. The van der Waals surface area contributed by atoms with Crippen molar-refractivity contribution >= 4 is 9.84 Å². The van der Waals surface area contributed by atoms with Crippen LogP contribution in [0.5, 0.6) is 0 Å². The fraction of sp³-hybridized carbons (Fsp3) is 1.00. The quantitative estimate of drug-likeness (QED) is 0.661. The third-order valence-corrected chi connectivity index (χ3v) is 11.0. The Labute approximate surface area is 176 Å². The number of rotatable bonds is 6. The van der Waals surface area contributed by atoms with Crippen molar-refractivity contribution in [3.8, 4) is 0 Å². The Hall–Kier alpha value is -0.200. The van der Waals surface area contributed by atoms with Gasteiger partial charge in [-0.25, -0.2) is 12.8 Å². The van der Waals surface area contributed by atoms with Crippen LogP contribution in [0, 0.1) is 23.2 Å². The van der Waals surface area contributed by atoms with Gasteiger partial charge in [0.25, 0.3) is 0 Å². The average molecular weight is 433 g/mol. The SMILES string of the molecule is CCCC[C@]1(CC)CS(=O)(=O)C2CCC(OC)CC2[C@H](C2CCCCC2F)C1O. The lowest BCUT2D eigenvalue weighted by molar-refractivity contribution is -0.0888. The number of methoxy groups -OCH3 is 1. The smallest absolute Gasteiger partial charge is 0.154 e. The molecule has 8 atom stereocenters. The van der Waals surface area contributed by atoms with E-state index in [1.165, 1.54) is 0 Å². The summed E-state index contributed by atoms with van der Waals surface area (Å²) >= 11 is 0. The second-order valence-corrected chi connectivity index (χ2v) is 12.2. The molecule has 0 spiro atoms. The minimum atomic E-state index is -3.36. The number of ether oxygens (including phenoxy) is 1. The van der Waals surface area contributed by atoms with Crippen molar-refractivity contribution in [2.75, 3.05) is 12.9 Å². The third-order valence-electron chi connectivity index (χ3n) is 8.51. The molecule has 1 aliphatic heterocycles. The number of hydrogen-bond donors (Lipinski definition) is 1. The van der Waals surface area contributed by atoms with Crippen LogP contribution in [0.2, 0.25) is 0 Å². The van der Waals surface area contributed by atoms with Crippen molar-refractivity contribution in [2.24, 2.45) is 23.2 Å². The molecule has 2 saturated carbocycles. The first kappa shape index (κ1) is 23.5. The van der Waals surface area contributed by atoms with E-state index in [2.05, 4.69) is 6.92 Å². The normalized spacial score (nSPS) is 45.3. The molecule has 4 nitrogen and oxygen atoms in total. The predicted molar refractivity (Wildman–Crippen MR) is 114 cm³/mol. The maximum atomic E-state index is 15.2. The minimum absolute atomic E-state index is 0.00701. The monoisotopic (exact) mass is 432 g/mol. The fourth-order valence-corrected chi connectivity index (χ4v) is 9.63. The number of aliphatic hydroxyl groups is 1. The van der Waals surface area contributed by atoms with Crippen LogP contribution in [0.15, 0.2) is 0 Å². The maximum Gasteiger partial charge on any atom is 0.154 e. The van der Waals surface area contributed by atoms with Gasteiger partial charge < -0.3 is 9.84 Å². The Kier molecular flexibility index (Phi) is 7.70. The number of hydrogen-bond acceptors (Lipinski definition) is 4. The lowest BCUT2D eigenvalue weighted by Crippen LogP contribution is -2.50.